The number of rotatable bonds is 6. The maximum absolute atomic E-state index is 13.7. The van der Waals surface area contributed by atoms with Gasteiger partial charge in [0.1, 0.15) is 5.82 Å². The van der Waals surface area contributed by atoms with E-state index in [4.69, 9.17) is 10.7 Å². The van der Waals surface area contributed by atoms with Crippen molar-refractivity contribution in [3.8, 4) is 11.3 Å². The van der Waals surface area contributed by atoms with Crippen LogP contribution in [0.2, 0.25) is 0 Å². The molecule has 0 radical (unpaired) electrons. The number of nitrogen functional groups attached to an aromatic ring is 1. The van der Waals surface area contributed by atoms with Crippen LogP contribution >= 0.6 is 0 Å². The molecule has 0 saturated carbocycles. The molecule has 2 aromatic heterocycles. The summed E-state index contributed by atoms with van der Waals surface area (Å²) in [5, 5.41) is 7.96. The van der Waals surface area contributed by atoms with Crippen LogP contribution in [0.25, 0.3) is 22.2 Å². The molecule has 0 aliphatic carbocycles. The highest BCUT2D eigenvalue weighted by atomic mass is 16.2. The number of hydrogen-bond donors (Lipinski definition) is 3. The zero-order valence-corrected chi connectivity index (χ0v) is 20.2. The Hall–Kier alpha value is -4.39. The highest BCUT2D eigenvalue weighted by Gasteiger charge is 2.32. The number of carbonyl (C=O) groups excluding carboxylic acids is 1. The van der Waals surface area contributed by atoms with Crippen LogP contribution in [0.4, 0.5) is 5.82 Å². The molecule has 4 N–H and O–H groups in total. The maximum atomic E-state index is 13.7. The number of benzene rings is 3. The van der Waals surface area contributed by atoms with E-state index in [1.165, 1.54) is 5.56 Å². The van der Waals surface area contributed by atoms with Gasteiger partial charge in [-0.3, -0.25) is 9.89 Å². The number of aromatic nitrogens is 4. The summed E-state index contributed by atoms with van der Waals surface area (Å²) in [6, 6.07) is 22.3. The molecule has 1 aliphatic heterocycles. The zero-order chi connectivity index (χ0) is 24.6. The molecule has 1 aliphatic rings. The number of hydrogen-bond acceptors (Lipinski definition) is 4. The Morgan fingerprint density at radius 3 is 2.75 bits per heavy atom. The van der Waals surface area contributed by atoms with Gasteiger partial charge >= 0.3 is 0 Å². The van der Waals surface area contributed by atoms with Gasteiger partial charge < -0.3 is 15.6 Å². The molecule has 7 heteroatoms. The van der Waals surface area contributed by atoms with E-state index in [-0.39, 0.29) is 11.9 Å². The summed E-state index contributed by atoms with van der Waals surface area (Å²) in [5.41, 5.74) is 13.0. The molecule has 0 saturated heterocycles. The Kier molecular flexibility index (Phi) is 5.52. The fourth-order valence-corrected chi connectivity index (χ4v) is 5.13. The van der Waals surface area contributed by atoms with Gasteiger partial charge in [-0.1, -0.05) is 55.5 Å². The predicted octanol–water partition coefficient (Wildman–Crippen LogP) is 5.08. The lowest BCUT2D eigenvalue weighted by Crippen LogP contribution is -2.41. The smallest absolute Gasteiger partial charge is 0.254 e. The minimum atomic E-state index is -0.209. The fraction of sp³-hybridized carbons (Fsp3) is 0.207. The summed E-state index contributed by atoms with van der Waals surface area (Å²) in [5.74, 6) is 1.33. The number of carbonyl (C=O) groups is 1. The number of H-pyrrole nitrogens is 2. The summed E-state index contributed by atoms with van der Waals surface area (Å²) >= 11 is 0. The summed E-state index contributed by atoms with van der Waals surface area (Å²) in [4.78, 5) is 24.0. The van der Waals surface area contributed by atoms with Gasteiger partial charge in [0.2, 0.25) is 0 Å². The number of amides is 1. The molecule has 1 atom stereocenters. The van der Waals surface area contributed by atoms with E-state index in [0.717, 1.165) is 57.5 Å². The second-order valence-corrected chi connectivity index (χ2v) is 9.35. The highest BCUT2D eigenvalue weighted by Crippen LogP contribution is 2.32. The van der Waals surface area contributed by atoms with Crippen molar-refractivity contribution in [2.75, 3.05) is 12.3 Å². The first-order valence-corrected chi connectivity index (χ1v) is 12.4. The highest BCUT2D eigenvalue weighted by molar-refractivity contribution is 5.97. The van der Waals surface area contributed by atoms with Crippen molar-refractivity contribution in [3.05, 3.63) is 101 Å². The Bertz CT molecular complexity index is 1550. The van der Waals surface area contributed by atoms with Crippen LogP contribution in [-0.2, 0) is 19.3 Å². The van der Waals surface area contributed by atoms with Gasteiger partial charge in [-0.05, 0) is 47.7 Å². The number of aryl methyl sites for hydroxylation is 1. The van der Waals surface area contributed by atoms with Crippen molar-refractivity contribution in [2.24, 2.45) is 0 Å². The monoisotopic (exact) mass is 476 g/mol. The summed E-state index contributed by atoms with van der Waals surface area (Å²) < 4.78 is 0. The van der Waals surface area contributed by atoms with Gasteiger partial charge in [0.05, 0.1) is 23.4 Å². The third-order valence-corrected chi connectivity index (χ3v) is 7.15. The number of fused-ring (bicyclic) bond motifs is 2. The average molecular weight is 477 g/mol. The molecular weight excluding hydrogens is 448 g/mol. The zero-order valence-electron chi connectivity index (χ0n) is 20.2. The first-order chi connectivity index (χ1) is 17.6. The molecule has 5 aromatic rings. The number of anilines is 1. The minimum absolute atomic E-state index is 0.0622. The van der Waals surface area contributed by atoms with Crippen LogP contribution in [0.5, 0.6) is 0 Å². The molecule has 180 valence electrons. The quantitative estimate of drug-likeness (QED) is 0.318. The standard InChI is InChI=1S/C29H28N6O/c1-2-18-8-10-22-20(14-18)12-13-35(29(22)36)26(15-19-6-4-3-5-7-19)28-31-17-25(32-28)21-9-11-23-24(16-21)33-34-27(23)30/h3-11,14,16-17,26H,2,12-13,15H2,1H3,(H,31,32)(H3,30,33,34)/t26-/m0/s1. The summed E-state index contributed by atoms with van der Waals surface area (Å²) in [6.45, 7) is 2.80. The Morgan fingerprint density at radius 1 is 1.06 bits per heavy atom. The topological polar surface area (TPSA) is 104 Å². The van der Waals surface area contributed by atoms with Crippen molar-refractivity contribution >= 4 is 22.6 Å². The fourth-order valence-electron chi connectivity index (χ4n) is 5.13. The van der Waals surface area contributed by atoms with E-state index in [1.54, 1.807) is 0 Å². The van der Waals surface area contributed by atoms with Gasteiger partial charge in [-0.15, -0.1) is 0 Å². The van der Waals surface area contributed by atoms with Gasteiger partial charge in [-0.2, -0.15) is 5.10 Å². The molecule has 0 bridgehead atoms. The number of aromatic amines is 2. The number of imidazole rings is 1. The molecular formula is C29H28N6O. The van der Waals surface area contributed by atoms with Crippen LogP contribution in [0.1, 0.15) is 45.8 Å². The first kappa shape index (κ1) is 22.1. The molecule has 3 aromatic carbocycles. The maximum Gasteiger partial charge on any atom is 0.254 e. The third-order valence-electron chi connectivity index (χ3n) is 7.15. The van der Waals surface area contributed by atoms with Crippen LogP contribution in [0, 0.1) is 0 Å². The average Bonchev–Trinajstić information content (AvgIpc) is 3.55. The second kappa shape index (κ2) is 9.00. The molecule has 6 rings (SSSR count). The number of nitrogens with two attached hydrogens (primary N) is 1. The summed E-state index contributed by atoms with van der Waals surface area (Å²) in [7, 11) is 0. The molecule has 0 fully saturated rings. The molecule has 3 heterocycles. The SMILES string of the molecule is CCc1ccc2c(c1)CCN([C@@H](Cc1ccccc1)c1ncc(-c3ccc4c(N)n[nH]c4c3)[nH]1)C2=O. The van der Waals surface area contributed by atoms with Gasteiger partial charge in [-0.25, -0.2) is 4.98 Å². The second-order valence-electron chi connectivity index (χ2n) is 9.35. The van der Waals surface area contributed by atoms with E-state index in [0.29, 0.717) is 18.8 Å². The van der Waals surface area contributed by atoms with Crippen molar-refractivity contribution < 1.29 is 4.79 Å². The van der Waals surface area contributed by atoms with E-state index in [9.17, 15) is 4.79 Å². The third kappa shape index (κ3) is 3.92. The van der Waals surface area contributed by atoms with E-state index in [2.05, 4.69) is 46.4 Å². The van der Waals surface area contributed by atoms with Gasteiger partial charge in [0.15, 0.2) is 5.82 Å². The number of nitrogens with one attached hydrogen (secondary N) is 2. The van der Waals surface area contributed by atoms with Crippen LogP contribution in [0.15, 0.2) is 72.9 Å². The van der Waals surface area contributed by atoms with Crippen molar-refractivity contribution in [3.63, 3.8) is 0 Å². The molecule has 0 unspecified atom stereocenters. The van der Waals surface area contributed by atoms with Gasteiger partial charge in [0, 0.05) is 29.5 Å². The molecule has 1 amide bonds. The normalized spacial score (nSPS) is 14.2. The molecule has 7 nitrogen and oxygen atoms in total. The number of nitrogens with zero attached hydrogens (tertiary/aromatic N) is 3. The van der Waals surface area contributed by atoms with Crippen molar-refractivity contribution in [1.29, 1.82) is 0 Å². The lowest BCUT2D eigenvalue weighted by atomic mass is 9.93. The Labute approximate surface area is 209 Å². The molecule has 0 spiro atoms. The Balaban J connectivity index is 1.36. The van der Waals surface area contributed by atoms with Crippen molar-refractivity contribution in [1.82, 2.24) is 25.1 Å². The van der Waals surface area contributed by atoms with Gasteiger partial charge in [0.25, 0.3) is 5.91 Å². The van der Waals surface area contributed by atoms with Crippen molar-refractivity contribution in [2.45, 2.75) is 32.2 Å². The molecule has 36 heavy (non-hydrogen) atoms. The first-order valence-electron chi connectivity index (χ1n) is 12.4. The van der Waals surface area contributed by atoms with E-state index >= 15 is 0 Å². The lowest BCUT2D eigenvalue weighted by molar-refractivity contribution is 0.0648. The lowest BCUT2D eigenvalue weighted by Gasteiger charge is -2.35. The van der Waals surface area contributed by atoms with E-state index in [1.807, 2.05) is 53.6 Å². The minimum Gasteiger partial charge on any atom is -0.382 e. The largest absolute Gasteiger partial charge is 0.382 e. The Morgan fingerprint density at radius 2 is 1.92 bits per heavy atom. The summed E-state index contributed by atoms with van der Waals surface area (Å²) in [6.07, 6.45) is 4.32. The van der Waals surface area contributed by atoms with Crippen LogP contribution in [-0.4, -0.2) is 37.5 Å². The van der Waals surface area contributed by atoms with Crippen LogP contribution in [0.3, 0.4) is 0 Å². The van der Waals surface area contributed by atoms with Crippen LogP contribution < -0.4 is 5.73 Å². The predicted molar refractivity (Wildman–Crippen MR) is 142 cm³/mol. The van der Waals surface area contributed by atoms with E-state index < -0.39 is 0 Å².